The summed E-state index contributed by atoms with van der Waals surface area (Å²) in [6, 6.07) is 5.84. The fourth-order valence-electron chi connectivity index (χ4n) is 1.68. The summed E-state index contributed by atoms with van der Waals surface area (Å²) >= 11 is 5.93. The van der Waals surface area contributed by atoms with Crippen molar-refractivity contribution in [1.82, 2.24) is 9.55 Å². The molecule has 1 aliphatic heterocycles. The summed E-state index contributed by atoms with van der Waals surface area (Å²) in [4.78, 5) is 4.20. The van der Waals surface area contributed by atoms with Gasteiger partial charge in [-0.15, -0.1) is 0 Å². The van der Waals surface area contributed by atoms with Crippen LogP contribution in [0.4, 0.5) is 11.6 Å². The molecular weight excluding hydrogens is 198 g/mol. The number of halogens is 1. The number of fused-ring (bicyclic) bond motifs is 2. The van der Waals surface area contributed by atoms with E-state index in [9.17, 15) is 0 Å². The zero-order valence-electron chi connectivity index (χ0n) is 7.37. The van der Waals surface area contributed by atoms with E-state index in [1.807, 2.05) is 24.4 Å². The number of anilines is 2. The summed E-state index contributed by atoms with van der Waals surface area (Å²) in [6.07, 6.45) is 3.74. The number of rotatable bonds is 0. The Labute approximate surface area is 86.3 Å². The zero-order valence-corrected chi connectivity index (χ0v) is 8.12. The lowest BCUT2D eigenvalue weighted by atomic mass is 10.1. The van der Waals surface area contributed by atoms with Gasteiger partial charge in [0.1, 0.15) is 0 Å². The van der Waals surface area contributed by atoms with Gasteiger partial charge in [-0.25, -0.2) is 4.98 Å². The predicted molar refractivity (Wildman–Crippen MR) is 56.1 cm³/mol. The van der Waals surface area contributed by atoms with Gasteiger partial charge in [0.05, 0.1) is 6.54 Å². The first-order valence-electron chi connectivity index (χ1n) is 4.39. The summed E-state index contributed by atoms with van der Waals surface area (Å²) < 4.78 is 2.05. The molecule has 0 aliphatic carbocycles. The third-order valence-corrected chi connectivity index (χ3v) is 2.61. The highest BCUT2D eigenvalue weighted by Crippen LogP contribution is 2.28. The number of benzene rings is 1. The van der Waals surface area contributed by atoms with Crippen molar-refractivity contribution in [3.8, 4) is 0 Å². The lowest BCUT2D eigenvalue weighted by Crippen LogP contribution is -2.12. The lowest BCUT2D eigenvalue weighted by Gasteiger charge is -2.19. The quantitative estimate of drug-likeness (QED) is 0.612. The molecule has 1 aromatic heterocycles. The van der Waals surface area contributed by atoms with E-state index >= 15 is 0 Å². The highest BCUT2D eigenvalue weighted by Gasteiger charge is 2.14. The molecule has 3 rings (SSSR count). The lowest BCUT2D eigenvalue weighted by molar-refractivity contribution is 0.791. The summed E-state index contributed by atoms with van der Waals surface area (Å²) in [5, 5.41) is 4.01. The smallest absolute Gasteiger partial charge is 0.207 e. The molecule has 0 unspecified atom stereocenters. The minimum Gasteiger partial charge on any atom is -0.325 e. The Hall–Kier alpha value is -1.48. The maximum absolute atomic E-state index is 5.93. The van der Waals surface area contributed by atoms with E-state index in [1.54, 1.807) is 6.20 Å². The molecule has 0 fully saturated rings. The zero-order chi connectivity index (χ0) is 9.54. The third-order valence-electron chi connectivity index (χ3n) is 2.37. The van der Waals surface area contributed by atoms with Gasteiger partial charge in [-0.2, -0.15) is 0 Å². The Morgan fingerprint density at radius 1 is 1.43 bits per heavy atom. The summed E-state index contributed by atoms with van der Waals surface area (Å²) in [7, 11) is 0. The predicted octanol–water partition coefficient (Wildman–Crippen LogP) is 2.64. The fourth-order valence-corrected chi connectivity index (χ4v) is 1.87. The van der Waals surface area contributed by atoms with Gasteiger partial charge in [0.2, 0.25) is 5.95 Å². The minimum absolute atomic E-state index is 0.772. The number of imidazole rings is 1. The third kappa shape index (κ3) is 1.09. The molecule has 0 bridgehead atoms. The molecule has 2 heterocycles. The Balaban J connectivity index is 2.12. The van der Waals surface area contributed by atoms with E-state index in [1.165, 1.54) is 5.56 Å². The van der Waals surface area contributed by atoms with Crippen molar-refractivity contribution in [3.05, 3.63) is 41.2 Å². The first kappa shape index (κ1) is 7.88. The topological polar surface area (TPSA) is 29.9 Å². The molecule has 0 saturated heterocycles. The molecule has 0 radical (unpaired) electrons. The van der Waals surface area contributed by atoms with Gasteiger partial charge in [-0.3, -0.25) is 0 Å². The summed E-state index contributed by atoms with van der Waals surface area (Å²) in [5.41, 5.74) is 2.29. The molecule has 4 heteroatoms. The SMILES string of the molecule is Clc1ccc2c(c1)Cn1ccnc1N2. The van der Waals surface area contributed by atoms with Gasteiger partial charge in [0, 0.05) is 23.1 Å². The highest BCUT2D eigenvalue weighted by atomic mass is 35.5. The van der Waals surface area contributed by atoms with Crippen LogP contribution >= 0.6 is 11.6 Å². The monoisotopic (exact) mass is 205 g/mol. The van der Waals surface area contributed by atoms with Gasteiger partial charge in [-0.1, -0.05) is 11.6 Å². The van der Waals surface area contributed by atoms with Crippen LogP contribution in [0.3, 0.4) is 0 Å². The second-order valence-electron chi connectivity index (χ2n) is 3.31. The van der Waals surface area contributed by atoms with Crippen LogP contribution < -0.4 is 5.32 Å². The molecule has 0 atom stereocenters. The van der Waals surface area contributed by atoms with Crippen molar-refractivity contribution in [2.24, 2.45) is 0 Å². The van der Waals surface area contributed by atoms with Crippen molar-refractivity contribution in [1.29, 1.82) is 0 Å². The van der Waals surface area contributed by atoms with Crippen LogP contribution in [-0.2, 0) is 6.54 Å². The molecule has 2 aromatic rings. The van der Waals surface area contributed by atoms with Gasteiger partial charge >= 0.3 is 0 Å². The second kappa shape index (κ2) is 2.75. The molecule has 0 amide bonds. The molecule has 0 spiro atoms. The van der Waals surface area contributed by atoms with E-state index in [0.717, 1.165) is 23.2 Å². The van der Waals surface area contributed by atoms with E-state index in [4.69, 9.17) is 11.6 Å². The van der Waals surface area contributed by atoms with Crippen molar-refractivity contribution < 1.29 is 0 Å². The van der Waals surface area contributed by atoms with Gasteiger partial charge in [0.15, 0.2) is 0 Å². The minimum atomic E-state index is 0.772. The molecule has 1 N–H and O–H groups in total. The van der Waals surface area contributed by atoms with Gasteiger partial charge < -0.3 is 9.88 Å². The molecule has 1 aliphatic rings. The van der Waals surface area contributed by atoms with E-state index < -0.39 is 0 Å². The number of nitrogens with zero attached hydrogens (tertiary/aromatic N) is 2. The van der Waals surface area contributed by atoms with Gasteiger partial charge in [0.25, 0.3) is 0 Å². The van der Waals surface area contributed by atoms with Gasteiger partial charge in [-0.05, 0) is 23.8 Å². The Bertz CT molecular complexity index is 490. The van der Waals surface area contributed by atoms with Crippen molar-refractivity contribution in [2.45, 2.75) is 6.54 Å². The first-order chi connectivity index (χ1) is 6.83. The molecule has 0 saturated carbocycles. The standard InChI is InChI=1S/C10H8ClN3/c11-8-1-2-9-7(5-8)6-14-4-3-12-10(14)13-9/h1-5H,6H2,(H,12,13). The normalized spacial score (nSPS) is 12.9. The van der Waals surface area contributed by atoms with E-state index in [2.05, 4.69) is 14.9 Å². The maximum atomic E-state index is 5.93. The van der Waals surface area contributed by atoms with Crippen LogP contribution in [0.25, 0.3) is 0 Å². The average Bonchev–Trinajstić information content (AvgIpc) is 2.61. The first-order valence-corrected chi connectivity index (χ1v) is 4.77. The van der Waals surface area contributed by atoms with Crippen LogP contribution in [0.5, 0.6) is 0 Å². The van der Waals surface area contributed by atoms with Crippen LogP contribution in [0.1, 0.15) is 5.56 Å². The van der Waals surface area contributed by atoms with Crippen molar-refractivity contribution >= 4 is 23.2 Å². The van der Waals surface area contributed by atoms with Crippen LogP contribution in [0.2, 0.25) is 5.02 Å². The number of hydrogen-bond acceptors (Lipinski definition) is 2. The Morgan fingerprint density at radius 2 is 2.36 bits per heavy atom. The van der Waals surface area contributed by atoms with Crippen molar-refractivity contribution in [2.75, 3.05) is 5.32 Å². The highest BCUT2D eigenvalue weighted by molar-refractivity contribution is 6.30. The number of aromatic nitrogens is 2. The number of nitrogens with one attached hydrogen (secondary N) is 1. The molecule has 70 valence electrons. The second-order valence-corrected chi connectivity index (χ2v) is 3.74. The van der Waals surface area contributed by atoms with Crippen molar-refractivity contribution in [3.63, 3.8) is 0 Å². The van der Waals surface area contributed by atoms with Crippen LogP contribution in [-0.4, -0.2) is 9.55 Å². The Kier molecular flexibility index (Phi) is 1.55. The van der Waals surface area contributed by atoms with E-state index in [-0.39, 0.29) is 0 Å². The van der Waals surface area contributed by atoms with Crippen LogP contribution in [0.15, 0.2) is 30.6 Å². The number of hydrogen-bond donors (Lipinski definition) is 1. The van der Waals surface area contributed by atoms with E-state index in [0.29, 0.717) is 0 Å². The Morgan fingerprint density at radius 3 is 3.29 bits per heavy atom. The fraction of sp³-hybridized carbons (Fsp3) is 0.100. The average molecular weight is 206 g/mol. The summed E-state index contributed by atoms with van der Waals surface area (Å²) in [5.74, 6) is 0.889. The molecule has 3 nitrogen and oxygen atoms in total. The molecular formula is C10H8ClN3. The summed E-state index contributed by atoms with van der Waals surface area (Å²) in [6.45, 7) is 0.832. The molecule has 1 aromatic carbocycles. The largest absolute Gasteiger partial charge is 0.325 e. The van der Waals surface area contributed by atoms with Crippen LogP contribution in [0, 0.1) is 0 Å². The maximum Gasteiger partial charge on any atom is 0.207 e. The molecule has 14 heavy (non-hydrogen) atoms.